The number of rotatable bonds is 20. The fraction of sp³-hybridized carbons (Fsp3) is 0.126. The molecular formula is C87H74N2O. The van der Waals surface area contributed by atoms with Crippen LogP contribution in [0.25, 0.3) is 95.3 Å². The summed E-state index contributed by atoms with van der Waals surface area (Å²) >= 11 is 0. The van der Waals surface area contributed by atoms with Gasteiger partial charge in [-0.3, -0.25) is 0 Å². The average molecular weight is 1160 g/mol. The van der Waals surface area contributed by atoms with Crippen LogP contribution in [0.1, 0.15) is 78.0 Å². The Morgan fingerprint density at radius 1 is 0.433 bits per heavy atom. The number of nitrogens with zero attached hydrogens (tertiary/aromatic N) is 2. The van der Waals surface area contributed by atoms with E-state index in [1.807, 2.05) is 12.2 Å². The number of fused-ring (bicyclic) bond motifs is 6. The maximum atomic E-state index is 6.54. The minimum atomic E-state index is -0.379. The van der Waals surface area contributed by atoms with E-state index in [-0.39, 0.29) is 5.41 Å². The van der Waals surface area contributed by atoms with E-state index in [9.17, 15) is 0 Å². The van der Waals surface area contributed by atoms with Crippen molar-refractivity contribution in [2.24, 2.45) is 5.92 Å². The molecule has 0 bridgehead atoms. The number of hydrogen-bond donors (Lipinski definition) is 0. The fourth-order valence-corrected chi connectivity index (χ4v) is 14.1. The first kappa shape index (κ1) is 57.3. The molecule has 14 rings (SSSR count). The minimum absolute atomic E-state index is 0.379. The van der Waals surface area contributed by atoms with Crippen molar-refractivity contribution in [3.05, 3.63) is 331 Å². The standard InChI is InChI=1S/C87H74N2O/c1-6-62-28-32-66(33-29-62)68-40-49-77(50-41-68)90-59-64(8-3)19-17-18-54-87(83-55-60(4)26-27-61(83)5)82-25-16-15-24-78(82)79-51-48-76(58-84(79)87)88(74-44-36-67(37-45-74)65-20-11-9-12-21-65)75-46-38-70(39-47-75)72-43-53-86-81(57-72)80-56-71(69-34-30-63(7-2)31-35-69)42-52-85(80)89(86)73-22-13-10-14-23-73/h6-7,9-16,20-53,55-58,64H,1-2,8,17-19,54,59H2,3-5H3. The quantitative estimate of drug-likeness (QED) is 0.0708. The van der Waals surface area contributed by atoms with Crippen molar-refractivity contribution in [2.75, 3.05) is 11.5 Å². The highest BCUT2D eigenvalue weighted by Gasteiger charge is 2.45. The van der Waals surface area contributed by atoms with Crippen molar-refractivity contribution >= 4 is 51.0 Å². The third-order valence-corrected chi connectivity index (χ3v) is 19.0. The second-order valence-electron chi connectivity index (χ2n) is 24.4. The van der Waals surface area contributed by atoms with Gasteiger partial charge < -0.3 is 14.2 Å². The maximum absolute atomic E-state index is 6.54. The largest absolute Gasteiger partial charge is 0.493 e. The SMILES string of the molecule is C=Cc1ccc(-c2ccc(OCC(CC)CCCCC3(c4cc(C)ccc4C)c4ccccc4-c4ccc(N(c5ccc(-c6ccccc6)cc5)c5ccc(-c6ccc7c(c6)c6cc(-c8ccc(C=C)cc8)ccc6n7-c6ccccc6)cc5)cc43)cc2)cc1. The third-order valence-electron chi connectivity index (χ3n) is 19.0. The molecular weight excluding hydrogens is 1090 g/mol. The van der Waals surface area contributed by atoms with Crippen LogP contribution in [0.5, 0.6) is 5.75 Å². The molecule has 0 aliphatic heterocycles. The Morgan fingerprint density at radius 3 is 1.50 bits per heavy atom. The predicted molar refractivity (Wildman–Crippen MR) is 383 cm³/mol. The van der Waals surface area contributed by atoms with Crippen molar-refractivity contribution in [1.82, 2.24) is 4.57 Å². The van der Waals surface area contributed by atoms with E-state index in [0.717, 1.165) is 77.3 Å². The lowest BCUT2D eigenvalue weighted by atomic mass is 9.67. The zero-order valence-corrected chi connectivity index (χ0v) is 51.7. The first-order chi connectivity index (χ1) is 44.3. The van der Waals surface area contributed by atoms with E-state index < -0.39 is 0 Å². The van der Waals surface area contributed by atoms with Crippen molar-refractivity contribution in [3.63, 3.8) is 0 Å². The van der Waals surface area contributed by atoms with Crippen LogP contribution in [0.4, 0.5) is 17.1 Å². The fourth-order valence-electron chi connectivity index (χ4n) is 14.1. The molecule has 2 atom stereocenters. The summed E-state index contributed by atoms with van der Waals surface area (Å²) in [6.45, 7) is 15.5. The molecule has 438 valence electrons. The number of aromatic nitrogens is 1. The summed E-state index contributed by atoms with van der Waals surface area (Å²) in [7, 11) is 0. The van der Waals surface area contributed by atoms with Gasteiger partial charge in [-0.25, -0.2) is 0 Å². The van der Waals surface area contributed by atoms with Crippen LogP contribution in [-0.2, 0) is 5.41 Å². The van der Waals surface area contributed by atoms with Crippen molar-refractivity contribution < 1.29 is 4.74 Å². The van der Waals surface area contributed by atoms with Crippen LogP contribution in [0.15, 0.2) is 292 Å². The molecule has 13 aromatic rings. The summed E-state index contributed by atoms with van der Waals surface area (Å²) in [6, 6.07) is 103. The normalized spacial score (nSPS) is 13.6. The monoisotopic (exact) mass is 1160 g/mol. The van der Waals surface area contributed by atoms with E-state index >= 15 is 0 Å². The Balaban J connectivity index is 0.814. The zero-order chi connectivity index (χ0) is 61.1. The number of anilines is 3. The van der Waals surface area contributed by atoms with Gasteiger partial charge >= 0.3 is 0 Å². The maximum Gasteiger partial charge on any atom is 0.119 e. The molecule has 0 fully saturated rings. The van der Waals surface area contributed by atoms with E-state index in [2.05, 4.69) is 322 Å². The second-order valence-corrected chi connectivity index (χ2v) is 24.4. The van der Waals surface area contributed by atoms with Gasteiger partial charge in [-0.15, -0.1) is 0 Å². The summed E-state index contributed by atoms with van der Waals surface area (Å²) in [6.07, 6.45) is 9.10. The lowest BCUT2D eigenvalue weighted by Gasteiger charge is -2.36. The number of para-hydroxylation sites is 1. The topological polar surface area (TPSA) is 17.4 Å². The minimum Gasteiger partial charge on any atom is -0.493 e. The number of unbranched alkanes of at least 4 members (excludes halogenated alkanes) is 1. The average Bonchev–Trinajstić information content (AvgIpc) is 1.55. The molecule has 0 amide bonds. The molecule has 0 radical (unpaired) electrons. The van der Waals surface area contributed by atoms with E-state index in [1.54, 1.807) is 0 Å². The van der Waals surface area contributed by atoms with Gasteiger partial charge in [0.05, 0.1) is 17.6 Å². The molecule has 90 heavy (non-hydrogen) atoms. The van der Waals surface area contributed by atoms with Gasteiger partial charge in [0.15, 0.2) is 0 Å². The molecule has 0 saturated carbocycles. The van der Waals surface area contributed by atoms with Gasteiger partial charge in [-0.05, 0) is 207 Å². The molecule has 2 unspecified atom stereocenters. The number of aryl methyl sites for hydroxylation is 2. The molecule has 0 saturated heterocycles. The first-order valence-electron chi connectivity index (χ1n) is 32.0. The molecule has 0 N–H and O–H groups in total. The highest BCUT2D eigenvalue weighted by atomic mass is 16.5. The molecule has 3 heteroatoms. The van der Waals surface area contributed by atoms with E-state index in [4.69, 9.17) is 4.74 Å². The van der Waals surface area contributed by atoms with Crippen LogP contribution in [0.3, 0.4) is 0 Å². The molecule has 1 aromatic heterocycles. The van der Waals surface area contributed by atoms with Gasteiger partial charge in [0.25, 0.3) is 0 Å². The van der Waals surface area contributed by atoms with Crippen molar-refractivity contribution in [3.8, 4) is 67.1 Å². The summed E-state index contributed by atoms with van der Waals surface area (Å²) < 4.78 is 8.94. The summed E-state index contributed by atoms with van der Waals surface area (Å²) in [5, 5.41) is 2.44. The van der Waals surface area contributed by atoms with Crippen molar-refractivity contribution in [1.29, 1.82) is 0 Å². The lowest BCUT2D eigenvalue weighted by molar-refractivity contribution is 0.232. The molecule has 1 aliphatic rings. The molecule has 1 heterocycles. The van der Waals surface area contributed by atoms with Crippen LogP contribution in [0, 0.1) is 19.8 Å². The predicted octanol–water partition coefficient (Wildman–Crippen LogP) is 23.8. The van der Waals surface area contributed by atoms with Gasteiger partial charge in [0, 0.05) is 38.9 Å². The Morgan fingerprint density at radius 2 is 0.922 bits per heavy atom. The van der Waals surface area contributed by atoms with Gasteiger partial charge in [-0.2, -0.15) is 0 Å². The molecule has 1 aliphatic carbocycles. The summed E-state index contributed by atoms with van der Waals surface area (Å²) in [5.74, 6) is 1.36. The Hall–Kier alpha value is -10.5. The van der Waals surface area contributed by atoms with Gasteiger partial charge in [0.1, 0.15) is 5.75 Å². The smallest absolute Gasteiger partial charge is 0.119 e. The van der Waals surface area contributed by atoms with Crippen LogP contribution < -0.4 is 9.64 Å². The summed E-state index contributed by atoms with van der Waals surface area (Å²) in [4.78, 5) is 2.47. The zero-order valence-electron chi connectivity index (χ0n) is 51.7. The number of benzene rings is 12. The van der Waals surface area contributed by atoms with E-state index in [1.165, 1.54) is 99.7 Å². The second kappa shape index (κ2) is 25.0. The van der Waals surface area contributed by atoms with Crippen molar-refractivity contribution in [2.45, 2.75) is 58.3 Å². The van der Waals surface area contributed by atoms with E-state index in [0.29, 0.717) is 12.5 Å². The highest BCUT2D eigenvalue weighted by molar-refractivity contribution is 6.11. The van der Waals surface area contributed by atoms with Gasteiger partial charge in [-0.1, -0.05) is 251 Å². The third kappa shape index (κ3) is 11.0. The number of hydrogen-bond acceptors (Lipinski definition) is 2. The number of ether oxygens (including phenoxy) is 1. The summed E-state index contributed by atoms with van der Waals surface area (Å²) in [5.41, 5.74) is 27.5. The Labute approximate surface area is 531 Å². The van der Waals surface area contributed by atoms with Crippen LogP contribution in [0.2, 0.25) is 0 Å². The Kier molecular flexibility index (Phi) is 15.9. The molecule has 3 nitrogen and oxygen atoms in total. The molecule has 12 aromatic carbocycles. The van der Waals surface area contributed by atoms with Crippen LogP contribution in [-0.4, -0.2) is 11.2 Å². The first-order valence-corrected chi connectivity index (χ1v) is 32.0. The van der Waals surface area contributed by atoms with Crippen LogP contribution >= 0.6 is 0 Å². The highest BCUT2D eigenvalue weighted by Crippen LogP contribution is 2.57. The lowest BCUT2D eigenvalue weighted by Crippen LogP contribution is -2.28. The Bertz CT molecular complexity index is 4710. The van der Waals surface area contributed by atoms with Gasteiger partial charge in [0.2, 0.25) is 0 Å². The molecule has 0 spiro atoms.